The van der Waals surface area contributed by atoms with Gasteiger partial charge in [-0.1, -0.05) is 19.1 Å². The molecule has 0 radical (unpaired) electrons. The van der Waals surface area contributed by atoms with Crippen molar-refractivity contribution in [3.8, 4) is 5.75 Å². The second-order valence-corrected chi connectivity index (χ2v) is 8.09. The Bertz CT molecular complexity index is 652. The van der Waals surface area contributed by atoms with E-state index in [9.17, 15) is 0 Å². The summed E-state index contributed by atoms with van der Waals surface area (Å²) in [5.74, 6) is 2.50. The van der Waals surface area contributed by atoms with Crippen LogP contribution in [0.2, 0.25) is 0 Å². The van der Waals surface area contributed by atoms with Crippen LogP contribution in [-0.2, 0) is 4.74 Å². The van der Waals surface area contributed by atoms with Crippen LogP contribution < -0.4 is 15.4 Å². The van der Waals surface area contributed by atoms with Crippen molar-refractivity contribution in [2.45, 2.75) is 26.3 Å². The fourth-order valence-electron chi connectivity index (χ4n) is 4.27. The molecule has 7 nitrogen and oxygen atoms in total. The third kappa shape index (κ3) is 8.07. The normalized spacial score (nSPS) is 21.4. The average Bonchev–Trinajstić information content (AvgIpc) is 3.27. The van der Waals surface area contributed by atoms with Crippen molar-refractivity contribution < 1.29 is 9.47 Å². The number of nitrogens with zero attached hydrogens (tertiary/aromatic N) is 3. The molecule has 0 spiro atoms. The SMILES string of the molecule is CCNC(=NCC(c1ccc(OC)cc1)N1CCOCC1)NCC1CCN(CC)C1.I. The molecule has 2 saturated heterocycles. The molecule has 2 unspecified atom stereocenters. The van der Waals surface area contributed by atoms with Gasteiger partial charge in [0.25, 0.3) is 0 Å². The van der Waals surface area contributed by atoms with E-state index < -0.39 is 0 Å². The maximum atomic E-state index is 5.57. The summed E-state index contributed by atoms with van der Waals surface area (Å²) in [6.07, 6.45) is 1.27. The van der Waals surface area contributed by atoms with Gasteiger partial charge in [-0.25, -0.2) is 0 Å². The molecule has 2 N–H and O–H groups in total. The van der Waals surface area contributed by atoms with Crippen molar-refractivity contribution in [2.24, 2.45) is 10.9 Å². The van der Waals surface area contributed by atoms with Gasteiger partial charge in [-0.05, 0) is 50.0 Å². The summed E-state index contributed by atoms with van der Waals surface area (Å²) in [5, 5.41) is 7.01. The molecule has 0 bridgehead atoms. The summed E-state index contributed by atoms with van der Waals surface area (Å²) in [7, 11) is 1.71. The van der Waals surface area contributed by atoms with Crippen molar-refractivity contribution >= 4 is 29.9 Å². The Morgan fingerprint density at radius 3 is 2.52 bits per heavy atom. The minimum atomic E-state index is 0. The van der Waals surface area contributed by atoms with Crippen LogP contribution in [0.15, 0.2) is 29.3 Å². The number of halogens is 1. The molecule has 0 amide bonds. The smallest absolute Gasteiger partial charge is 0.191 e. The summed E-state index contributed by atoms with van der Waals surface area (Å²) < 4.78 is 10.9. The Morgan fingerprint density at radius 1 is 1.16 bits per heavy atom. The molecular weight excluding hydrogens is 505 g/mol. The highest BCUT2D eigenvalue weighted by Gasteiger charge is 2.24. The summed E-state index contributed by atoms with van der Waals surface area (Å²) in [6, 6.07) is 8.63. The summed E-state index contributed by atoms with van der Waals surface area (Å²) >= 11 is 0. The molecule has 0 saturated carbocycles. The highest BCUT2D eigenvalue weighted by molar-refractivity contribution is 14.0. The largest absolute Gasteiger partial charge is 0.497 e. The molecule has 8 heteroatoms. The zero-order chi connectivity index (χ0) is 21.2. The molecule has 3 rings (SSSR count). The number of morpholine rings is 1. The van der Waals surface area contributed by atoms with E-state index in [2.05, 4.69) is 46.4 Å². The monoisotopic (exact) mass is 545 g/mol. The van der Waals surface area contributed by atoms with Gasteiger partial charge in [0.2, 0.25) is 0 Å². The Labute approximate surface area is 205 Å². The van der Waals surface area contributed by atoms with E-state index in [1.165, 1.54) is 25.1 Å². The van der Waals surface area contributed by atoms with Crippen LogP contribution in [0.3, 0.4) is 0 Å². The standard InChI is InChI=1S/C23H39N5O2.HI/c1-4-24-23(25-16-19-10-11-27(5-2)18-19)26-17-22(28-12-14-30-15-13-28)20-6-8-21(29-3)9-7-20;/h6-9,19,22H,4-5,10-18H2,1-3H3,(H2,24,25,26);1H. The number of hydrogen-bond donors (Lipinski definition) is 2. The van der Waals surface area contributed by atoms with Crippen molar-refractivity contribution in [1.29, 1.82) is 0 Å². The summed E-state index contributed by atoms with van der Waals surface area (Å²) in [4.78, 5) is 9.98. The van der Waals surface area contributed by atoms with Crippen molar-refractivity contribution in [2.75, 3.05) is 72.7 Å². The number of ether oxygens (including phenoxy) is 2. The van der Waals surface area contributed by atoms with Crippen LogP contribution in [0.1, 0.15) is 31.9 Å². The first-order valence-corrected chi connectivity index (χ1v) is 11.4. The molecule has 176 valence electrons. The molecule has 31 heavy (non-hydrogen) atoms. The Hall–Kier alpha value is -1.10. The van der Waals surface area contributed by atoms with E-state index in [0.717, 1.165) is 57.6 Å². The van der Waals surface area contributed by atoms with E-state index in [1.807, 2.05) is 12.1 Å². The van der Waals surface area contributed by atoms with E-state index in [-0.39, 0.29) is 30.0 Å². The van der Waals surface area contributed by atoms with Gasteiger partial charge < -0.3 is 25.0 Å². The van der Waals surface area contributed by atoms with Crippen molar-refractivity contribution in [3.63, 3.8) is 0 Å². The zero-order valence-corrected chi connectivity index (χ0v) is 21.6. The number of likely N-dealkylation sites (tertiary alicyclic amines) is 1. The van der Waals surface area contributed by atoms with E-state index >= 15 is 0 Å². The first kappa shape index (κ1) is 26.2. The van der Waals surface area contributed by atoms with Crippen LogP contribution in [0.4, 0.5) is 0 Å². The predicted octanol–water partition coefficient (Wildman–Crippen LogP) is 2.58. The number of aliphatic imine (C=N–C) groups is 1. The number of guanidine groups is 1. The van der Waals surface area contributed by atoms with Crippen LogP contribution in [0.5, 0.6) is 5.75 Å². The number of benzene rings is 1. The highest BCUT2D eigenvalue weighted by Crippen LogP contribution is 2.24. The molecule has 1 aromatic rings. The lowest BCUT2D eigenvalue weighted by Crippen LogP contribution is -2.42. The van der Waals surface area contributed by atoms with Gasteiger partial charge >= 0.3 is 0 Å². The predicted molar refractivity (Wildman–Crippen MR) is 138 cm³/mol. The van der Waals surface area contributed by atoms with Crippen LogP contribution >= 0.6 is 24.0 Å². The zero-order valence-electron chi connectivity index (χ0n) is 19.3. The molecule has 2 fully saturated rings. The molecule has 2 atom stereocenters. The first-order chi connectivity index (χ1) is 14.7. The van der Waals surface area contributed by atoms with Crippen LogP contribution in [-0.4, -0.2) is 88.4 Å². The van der Waals surface area contributed by atoms with Crippen molar-refractivity contribution in [1.82, 2.24) is 20.4 Å². The lowest BCUT2D eigenvalue weighted by atomic mass is 10.0. The molecule has 2 aliphatic heterocycles. The topological polar surface area (TPSA) is 61.4 Å². The number of rotatable bonds is 9. The third-order valence-electron chi connectivity index (χ3n) is 6.13. The maximum absolute atomic E-state index is 5.57. The van der Waals surface area contributed by atoms with Gasteiger partial charge in [0.15, 0.2) is 5.96 Å². The van der Waals surface area contributed by atoms with Gasteiger partial charge in [0.1, 0.15) is 5.75 Å². The van der Waals surface area contributed by atoms with Crippen molar-refractivity contribution in [3.05, 3.63) is 29.8 Å². The Kier molecular flexibility index (Phi) is 11.9. The fraction of sp³-hybridized carbons (Fsp3) is 0.696. The Balaban J connectivity index is 0.00000341. The lowest BCUT2D eigenvalue weighted by Gasteiger charge is -2.34. The minimum Gasteiger partial charge on any atom is -0.497 e. The van der Waals surface area contributed by atoms with Crippen LogP contribution in [0.25, 0.3) is 0 Å². The number of nitrogens with one attached hydrogen (secondary N) is 2. The molecule has 0 aromatic heterocycles. The molecule has 2 heterocycles. The Morgan fingerprint density at radius 2 is 1.90 bits per heavy atom. The van der Waals surface area contributed by atoms with E-state index in [0.29, 0.717) is 12.5 Å². The summed E-state index contributed by atoms with van der Waals surface area (Å²) in [5.41, 5.74) is 1.27. The van der Waals surface area contributed by atoms with E-state index in [1.54, 1.807) is 7.11 Å². The maximum Gasteiger partial charge on any atom is 0.191 e. The molecule has 2 aliphatic rings. The van der Waals surface area contributed by atoms with Crippen LogP contribution in [0, 0.1) is 5.92 Å². The van der Waals surface area contributed by atoms with Gasteiger partial charge in [0, 0.05) is 32.7 Å². The second kappa shape index (κ2) is 14.1. The van der Waals surface area contributed by atoms with Gasteiger partial charge in [0.05, 0.1) is 32.9 Å². The first-order valence-electron chi connectivity index (χ1n) is 11.4. The molecule has 1 aromatic carbocycles. The lowest BCUT2D eigenvalue weighted by molar-refractivity contribution is 0.0179. The average molecular weight is 546 g/mol. The second-order valence-electron chi connectivity index (χ2n) is 8.09. The van der Waals surface area contributed by atoms with E-state index in [4.69, 9.17) is 14.5 Å². The third-order valence-corrected chi connectivity index (χ3v) is 6.13. The van der Waals surface area contributed by atoms with Gasteiger partial charge in [-0.3, -0.25) is 9.89 Å². The minimum absolute atomic E-state index is 0. The van der Waals surface area contributed by atoms with Gasteiger partial charge in [-0.2, -0.15) is 0 Å². The molecule has 0 aliphatic carbocycles. The fourth-order valence-corrected chi connectivity index (χ4v) is 4.27. The number of methoxy groups -OCH3 is 1. The highest BCUT2D eigenvalue weighted by atomic mass is 127. The van der Waals surface area contributed by atoms with Gasteiger partial charge in [-0.15, -0.1) is 24.0 Å². The molecular formula is C23H40IN5O2. The number of hydrogen-bond acceptors (Lipinski definition) is 5. The summed E-state index contributed by atoms with van der Waals surface area (Å²) in [6.45, 7) is 13.9. The quantitative estimate of drug-likeness (QED) is 0.283.